The standard InChI is InChI=1S/C10H12ClNO2S/c11-6-8-7-12(3-4-14-8)10(13)9-2-1-5-15-9/h1-2,5,8H,3-4,6-7H2. The Labute approximate surface area is 97.6 Å². The predicted octanol–water partition coefficient (Wildman–Crippen LogP) is 1.83. The molecule has 0 aromatic carbocycles. The summed E-state index contributed by atoms with van der Waals surface area (Å²) >= 11 is 7.18. The highest BCUT2D eigenvalue weighted by atomic mass is 35.5. The fourth-order valence-corrected chi connectivity index (χ4v) is 2.43. The van der Waals surface area contributed by atoms with Crippen molar-refractivity contribution in [2.45, 2.75) is 6.10 Å². The number of nitrogens with zero attached hydrogens (tertiary/aromatic N) is 1. The van der Waals surface area contributed by atoms with Gasteiger partial charge in [-0.2, -0.15) is 0 Å². The number of amides is 1. The zero-order valence-electron chi connectivity index (χ0n) is 8.19. The van der Waals surface area contributed by atoms with Crippen LogP contribution in [0, 0.1) is 0 Å². The zero-order valence-corrected chi connectivity index (χ0v) is 9.76. The molecule has 0 bridgehead atoms. The molecule has 1 aromatic rings. The quantitative estimate of drug-likeness (QED) is 0.744. The maximum atomic E-state index is 12.0. The summed E-state index contributed by atoms with van der Waals surface area (Å²) < 4.78 is 5.40. The lowest BCUT2D eigenvalue weighted by Crippen LogP contribution is -2.46. The van der Waals surface area contributed by atoms with E-state index in [9.17, 15) is 4.79 Å². The lowest BCUT2D eigenvalue weighted by Gasteiger charge is -2.31. The highest BCUT2D eigenvalue weighted by Gasteiger charge is 2.24. The Balaban J connectivity index is 2.01. The molecule has 0 spiro atoms. The first-order valence-electron chi connectivity index (χ1n) is 4.81. The fourth-order valence-electron chi connectivity index (χ4n) is 1.55. The molecule has 1 aliphatic rings. The van der Waals surface area contributed by atoms with E-state index in [1.54, 1.807) is 0 Å². The Kier molecular flexibility index (Phi) is 3.61. The van der Waals surface area contributed by atoms with Gasteiger partial charge in [0.05, 0.1) is 23.5 Å². The van der Waals surface area contributed by atoms with Crippen molar-refractivity contribution in [1.82, 2.24) is 4.90 Å². The van der Waals surface area contributed by atoms with Crippen molar-refractivity contribution in [2.24, 2.45) is 0 Å². The van der Waals surface area contributed by atoms with Gasteiger partial charge in [-0.05, 0) is 11.4 Å². The van der Waals surface area contributed by atoms with E-state index in [-0.39, 0.29) is 12.0 Å². The first-order valence-corrected chi connectivity index (χ1v) is 6.23. The van der Waals surface area contributed by atoms with E-state index >= 15 is 0 Å². The summed E-state index contributed by atoms with van der Waals surface area (Å²) in [5.41, 5.74) is 0. The van der Waals surface area contributed by atoms with E-state index in [0.717, 1.165) is 4.88 Å². The third-order valence-corrected chi connectivity index (χ3v) is 3.53. The minimum Gasteiger partial charge on any atom is -0.373 e. The molecular formula is C10H12ClNO2S. The van der Waals surface area contributed by atoms with E-state index in [1.165, 1.54) is 11.3 Å². The lowest BCUT2D eigenvalue weighted by atomic mass is 10.3. The Morgan fingerprint density at radius 3 is 3.27 bits per heavy atom. The van der Waals surface area contributed by atoms with Crippen LogP contribution in [0.2, 0.25) is 0 Å². The molecule has 1 aliphatic heterocycles. The van der Waals surface area contributed by atoms with Crippen molar-refractivity contribution in [1.29, 1.82) is 0 Å². The van der Waals surface area contributed by atoms with E-state index in [4.69, 9.17) is 16.3 Å². The SMILES string of the molecule is O=C(c1cccs1)N1CCOC(CCl)C1. The van der Waals surface area contributed by atoms with Crippen LogP contribution in [0.5, 0.6) is 0 Å². The molecule has 1 amide bonds. The van der Waals surface area contributed by atoms with Crippen LogP contribution in [-0.4, -0.2) is 42.5 Å². The van der Waals surface area contributed by atoms with E-state index in [0.29, 0.717) is 25.6 Å². The average Bonchev–Trinajstić information content (AvgIpc) is 2.81. The van der Waals surface area contributed by atoms with Gasteiger partial charge in [0.2, 0.25) is 0 Å². The Bertz CT molecular complexity index is 328. The summed E-state index contributed by atoms with van der Waals surface area (Å²) in [4.78, 5) is 14.6. The number of ether oxygens (including phenoxy) is 1. The van der Waals surface area contributed by atoms with E-state index < -0.39 is 0 Å². The average molecular weight is 246 g/mol. The molecule has 1 aromatic heterocycles. The molecule has 2 rings (SSSR count). The highest BCUT2D eigenvalue weighted by molar-refractivity contribution is 7.12. The summed E-state index contributed by atoms with van der Waals surface area (Å²) in [6.45, 7) is 1.83. The van der Waals surface area contributed by atoms with Crippen molar-refractivity contribution >= 4 is 28.8 Å². The Morgan fingerprint density at radius 2 is 2.60 bits per heavy atom. The normalized spacial score (nSPS) is 21.7. The van der Waals surface area contributed by atoms with Crippen LogP contribution in [0.15, 0.2) is 17.5 Å². The molecule has 1 unspecified atom stereocenters. The number of halogens is 1. The minimum absolute atomic E-state index is 0.0238. The van der Waals surface area contributed by atoms with Crippen molar-refractivity contribution in [3.63, 3.8) is 0 Å². The topological polar surface area (TPSA) is 29.5 Å². The summed E-state index contributed by atoms with van der Waals surface area (Å²) in [6, 6.07) is 3.73. The van der Waals surface area contributed by atoms with Crippen LogP contribution < -0.4 is 0 Å². The smallest absolute Gasteiger partial charge is 0.264 e. The van der Waals surface area contributed by atoms with Crippen molar-refractivity contribution < 1.29 is 9.53 Å². The lowest BCUT2D eigenvalue weighted by molar-refractivity contribution is -0.0106. The van der Waals surface area contributed by atoms with E-state index in [2.05, 4.69) is 0 Å². The van der Waals surface area contributed by atoms with Crippen LogP contribution in [0.3, 0.4) is 0 Å². The largest absolute Gasteiger partial charge is 0.373 e. The monoisotopic (exact) mass is 245 g/mol. The third kappa shape index (κ3) is 2.51. The number of hydrogen-bond donors (Lipinski definition) is 0. The Hall–Kier alpha value is -0.580. The molecule has 2 heterocycles. The molecule has 3 nitrogen and oxygen atoms in total. The van der Waals surface area contributed by atoms with Crippen molar-refractivity contribution in [2.75, 3.05) is 25.6 Å². The van der Waals surface area contributed by atoms with Gasteiger partial charge >= 0.3 is 0 Å². The van der Waals surface area contributed by atoms with Crippen molar-refractivity contribution in [3.05, 3.63) is 22.4 Å². The van der Waals surface area contributed by atoms with Gasteiger partial charge in [0, 0.05) is 13.1 Å². The molecule has 1 saturated heterocycles. The molecule has 0 radical (unpaired) electrons. The van der Waals surface area contributed by atoms with Crippen LogP contribution in [0.25, 0.3) is 0 Å². The van der Waals surface area contributed by atoms with Gasteiger partial charge in [0.25, 0.3) is 5.91 Å². The van der Waals surface area contributed by atoms with Crippen LogP contribution in [-0.2, 0) is 4.74 Å². The first kappa shape index (κ1) is 10.9. The van der Waals surface area contributed by atoms with Gasteiger partial charge in [-0.15, -0.1) is 22.9 Å². The number of alkyl halides is 1. The maximum absolute atomic E-state index is 12.0. The number of carbonyl (C=O) groups excluding carboxylic acids is 1. The highest BCUT2D eigenvalue weighted by Crippen LogP contribution is 2.15. The zero-order chi connectivity index (χ0) is 10.7. The Morgan fingerprint density at radius 1 is 1.73 bits per heavy atom. The number of thiophene rings is 1. The van der Waals surface area contributed by atoms with Gasteiger partial charge in [-0.3, -0.25) is 4.79 Å². The summed E-state index contributed by atoms with van der Waals surface area (Å²) in [5.74, 6) is 0.525. The summed E-state index contributed by atoms with van der Waals surface area (Å²) in [7, 11) is 0. The number of carbonyl (C=O) groups is 1. The fraction of sp³-hybridized carbons (Fsp3) is 0.500. The maximum Gasteiger partial charge on any atom is 0.264 e. The summed E-state index contributed by atoms with van der Waals surface area (Å²) in [5, 5.41) is 1.91. The molecule has 1 atom stereocenters. The van der Waals surface area contributed by atoms with Gasteiger partial charge in [0.1, 0.15) is 0 Å². The van der Waals surface area contributed by atoms with E-state index in [1.807, 2.05) is 22.4 Å². The molecule has 0 aliphatic carbocycles. The molecule has 82 valence electrons. The van der Waals surface area contributed by atoms with Crippen molar-refractivity contribution in [3.8, 4) is 0 Å². The predicted molar refractivity (Wildman–Crippen MR) is 60.7 cm³/mol. The summed E-state index contributed by atoms with van der Waals surface area (Å²) in [6.07, 6.45) is -0.0238. The number of morpholine rings is 1. The molecule has 1 fully saturated rings. The second kappa shape index (κ2) is 4.96. The second-order valence-corrected chi connectivity index (χ2v) is 4.63. The minimum atomic E-state index is -0.0238. The van der Waals surface area contributed by atoms with Crippen LogP contribution in [0.1, 0.15) is 9.67 Å². The van der Waals surface area contributed by atoms with Gasteiger partial charge in [0.15, 0.2) is 0 Å². The first-order chi connectivity index (χ1) is 7.31. The molecule has 0 N–H and O–H groups in total. The molecule has 5 heteroatoms. The van der Waals surface area contributed by atoms with Crippen LogP contribution in [0.4, 0.5) is 0 Å². The third-order valence-electron chi connectivity index (χ3n) is 2.33. The molecular weight excluding hydrogens is 234 g/mol. The van der Waals surface area contributed by atoms with Gasteiger partial charge in [-0.1, -0.05) is 6.07 Å². The number of hydrogen-bond acceptors (Lipinski definition) is 3. The molecule has 15 heavy (non-hydrogen) atoms. The number of rotatable bonds is 2. The van der Waals surface area contributed by atoms with Crippen LogP contribution >= 0.6 is 22.9 Å². The van der Waals surface area contributed by atoms with Gasteiger partial charge < -0.3 is 9.64 Å². The second-order valence-electron chi connectivity index (χ2n) is 3.38. The van der Waals surface area contributed by atoms with Gasteiger partial charge in [-0.25, -0.2) is 0 Å². The molecule has 0 saturated carbocycles.